The zero-order valence-corrected chi connectivity index (χ0v) is 10.7. The van der Waals surface area contributed by atoms with E-state index >= 15 is 0 Å². The van der Waals surface area contributed by atoms with Crippen LogP contribution in [0.1, 0.15) is 20.7 Å². The van der Waals surface area contributed by atoms with Gasteiger partial charge in [0.25, 0.3) is 0 Å². The SMILES string of the molecule is C[Si](C)(C)c1ccc(C(N)=O)c(C(N)=O)c1. The van der Waals surface area contributed by atoms with Crippen molar-refractivity contribution in [2.75, 3.05) is 0 Å². The molecule has 0 saturated carbocycles. The lowest BCUT2D eigenvalue weighted by Crippen LogP contribution is -2.39. The Hall–Kier alpha value is -1.62. The second kappa shape index (κ2) is 4.09. The second-order valence-electron chi connectivity index (χ2n) is 4.74. The normalized spacial score (nSPS) is 11.2. The molecule has 0 aliphatic heterocycles. The maximum Gasteiger partial charge on any atom is 0.249 e. The summed E-state index contributed by atoms with van der Waals surface area (Å²) in [5.41, 5.74) is 10.8. The Morgan fingerprint density at radius 2 is 1.50 bits per heavy atom. The number of benzene rings is 1. The molecule has 1 aromatic carbocycles. The minimum Gasteiger partial charge on any atom is -0.366 e. The maximum atomic E-state index is 11.2. The molecule has 0 fully saturated rings. The highest BCUT2D eigenvalue weighted by Crippen LogP contribution is 2.10. The van der Waals surface area contributed by atoms with Crippen molar-refractivity contribution in [3.63, 3.8) is 0 Å². The number of hydrogen-bond acceptors (Lipinski definition) is 2. The van der Waals surface area contributed by atoms with Gasteiger partial charge in [0.1, 0.15) is 0 Å². The van der Waals surface area contributed by atoms with E-state index in [1.165, 1.54) is 0 Å². The van der Waals surface area contributed by atoms with Crippen LogP contribution in [0.25, 0.3) is 0 Å². The molecule has 0 aliphatic carbocycles. The van der Waals surface area contributed by atoms with Crippen LogP contribution in [0.4, 0.5) is 0 Å². The zero-order valence-electron chi connectivity index (χ0n) is 9.70. The molecule has 5 heteroatoms. The number of primary amides is 2. The first kappa shape index (κ1) is 12.4. The van der Waals surface area contributed by atoms with Crippen LogP contribution in [0.3, 0.4) is 0 Å². The summed E-state index contributed by atoms with van der Waals surface area (Å²) < 4.78 is 0. The minimum absolute atomic E-state index is 0.189. The van der Waals surface area contributed by atoms with Gasteiger partial charge in [-0.3, -0.25) is 9.59 Å². The maximum absolute atomic E-state index is 11.2. The molecular formula is C11H16N2O2Si. The van der Waals surface area contributed by atoms with Gasteiger partial charge in [-0.05, 0) is 12.1 Å². The van der Waals surface area contributed by atoms with Gasteiger partial charge in [0.2, 0.25) is 11.8 Å². The van der Waals surface area contributed by atoms with Crippen molar-refractivity contribution in [3.05, 3.63) is 29.3 Å². The van der Waals surface area contributed by atoms with E-state index in [4.69, 9.17) is 11.5 Å². The topological polar surface area (TPSA) is 86.2 Å². The van der Waals surface area contributed by atoms with Crippen LogP contribution < -0.4 is 16.7 Å². The Bertz CT molecular complexity index is 450. The van der Waals surface area contributed by atoms with E-state index < -0.39 is 19.9 Å². The summed E-state index contributed by atoms with van der Waals surface area (Å²) in [6, 6.07) is 5.11. The summed E-state index contributed by atoms with van der Waals surface area (Å²) in [5.74, 6) is -1.25. The molecule has 86 valence electrons. The van der Waals surface area contributed by atoms with Crippen molar-refractivity contribution >= 4 is 25.1 Å². The Balaban J connectivity index is 3.40. The molecule has 0 heterocycles. The highest BCUT2D eigenvalue weighted by atomic mass is 28.3. The quantitative estimate of drug-likeness (QED) is 0.746. The zero-order chi connectivity index (χ0) is 12.5. The summed E-state index contributed by atoms with van der Waals surface area (Å²) in [6.45, 7) is 6.45. The first-order valence-electron chi connectivity index (χ1n) is 4.97. The van der Waals surface area contributed by atoms with E-state index in [0.29, 0.717) is 0 Å². The molecule has 0 bridgehead atoms. The van der Waals surface area contributed by atoms with Gasteiger partial charge in [0, 0.05) is 0 Å². The van der Waals surface area contributed by atoms with Gasteiger partial charge in [-0.15, -0.1) is 0 Å². The molecule has 1 rings (SSSR count). The molecule has 0 aliphatic rings. The molecule has 0 saturated heterocycles. The summed E-state index contributed by atoms with van der Waals surface area (Å²) in [5, 5.41) is 1.08. The lowest BCUT2D eigenvalue weighted by molar-refractivity contribution is 0.0967. The molecule has 16 heavy (non-hydrogen) atoms. The number of carbonyl (C=O) groups excluding carboxylic acids is 2. The van der Waals surface area contributed by atoms with Crippen LogP contribution in [0.15, 0.2) is 18.2 Å². The standard InChI is InChI=1S/C11H16N2O2Si/c1-16(2,3)7-4-5-8(10(12)14)9(6-7)11(13)15/h4-6H,1-3H3,(H2,12,14)(H2,13,15). The largest absolute Gasteiger partial charge is 0.366 e. The summed E-state index contributed by atoms with van der Waals surface area (Å²) in [4.78, 5) is 22.3. The van der Waals surface area contributed by atoms with E-state index in [1.807, 2.05) is 6.07 Å². The van der Waals surface area contributed by atoms with Crippen molar-refractivity contribution in [3.8, 4) is 0 Å². The molecule has 4 N–H and O–H groups in total. The summed E-state index contributed by atoms with van der Waals surface area (Å²) in [6.07, 6.45) is 0. The van der Waals surface area contributed by atoms with E-state index in [-0.39, 0.29) is 11.1 Å². The first-order valence-corrected chi connectivity index (χ1v) is 8.47. The van der Waals surface area contributed by atoms with Crippen LogP contribution >= 0.6 is 0 Å². The van der Waals surface area contributed by atoms with Crippen LogP contribution in [0.2, 0.25) is 19.6 Å². The molecule has 0 unspecified atom stereocenters. The molecule has 0 spiro atoms. The Kier molecular flexibility index (Phi) is 3.18. The van der Waals surface area contributed by atoms with Gasteiger partial charge in [0.05, 0.1) is 19.2 Å². The van der Waals surface area contributed by atoms with Crippen molar-refractivity contribution in [2.24, 2.45) is 11.5 Å². The Morgan fingerprint density at radius 3 is 1.88 bits per heavy atom. The molecule has 4 nitrogen and oxygen atoms in total. The van der Waals surface area contributed by atoms with Gasteiger partial charge in [-0.1, -0.05) is 30.9 Å². The van der Waals surface area contributed by atoms with Gasteiger partial charge in [0.15, 0.2) is 0 Å². The first-order chi connectivity index (χ1) is 7.23. The Morgan fingerprint density at radius 1 is 1.00 bits per heavy atom. The smallest absolute Gasteiger partial charge is 0.249 e. The van der Waals surface area contributed by atoms with Crippen molar-refractivity contribution in [1.29, 1.82) is 0 Å². The van der Waals surface area contributed by atoms with Crippen LogP contribution in [0, 0.1) is 0 Å². The third kappa shape index (κ3) is 2.49. The van der Waals surface area contributed by atoms with Gasteiger partial charge in [-0.25, -0.2) is 0 Å². The lowest BCUT2D eigenvalue weighted by Gasteiger charge is -2.18. The predicted molar refractivity (Wildman–Crippen MR) is 66.5 cm³/mol. The molecule has 2 amide bonds. The average Bonchev–Trinajstić information content (AvgIpc) is 2.15. The van der Waals surface area contributed by atoms with Crippen LogP contribution in [-0.2, 0) is 0 Å². The summed E-state index contributed by atoms with van der Waals surface area (Å²) in [7, 11) is -1.53. The fourth-order valence-electron chi connectivity index (χ4n) is 1.43. The fraction of sp³-hybridized carbons (Fsp3) is 0.273. The Labute approximate surface area is 95.6 Å². The van der Waals surface area contributed by atoms with E-state index in [9.17, 15) is 9.59 Å². The van der Waals surface area contributed by atoms with E-state index in [2.05, 4.69) is 19.6 Å². The number of rotatable bonds is 3. The predicted octanol–water partition coefficient (Wildman–Crippen LogP) is 0.430. The highest BCUT2D eigenvalue weighted by Gasteiger charge is 2.20. The second-order valence-corrected chi connectivity index (χ2v) is 9.82. The number of hydrogen-bond donors (Lipinski definition) is 2. The number of nitrogens with two attached hydrogens (primary N) is 2. The third-order valence-corrected chi connectivity index (χ3v) is 4.46. The highest BCUT2D eigenvalue weighted by molar-refractivity contribution is 6.88. The van der Waals surface area contributed by atoms with Crippen LogP contribution in [0.5, 0.6) is 0 Å². The fourth-order valence-corrected chi connectivity index (χ4v) is 2.59. The summed E-state index contributed by atoms with van der Waals surface area (Å²) >= 11 is 0. The molecule has 0 aromatic heterocycles. The number of carbonyl (C=O) groups is 2. The van der Waals surface area contributed by atoms with Gasteiger partial charge < -0.3 is 11.5 Å². The van der Waals surface area contributed by atoms with Gasteiger partial charge >= 0.3 is 0 Å². The average molecular weight is 236 g/mol. The van der Waals surface area contributed by atoms with Gasteiger partial charge in [-0.2, -0.15) is 0 Å². The van der Waals surface area contributed by atoms with E-state index in [0.717, 1.165) is 5.19 Å². The third-order valence-electron chi connectivity index (χ3n) is 2.42. The monoisotopic (exact) mass is 236 g/mol. The molecule has 0 radical (unpaired) electrons. The minimum atomic E-state index is -1.53. The van der Waals surface area contributed by atoms with Crippen molar-refractivity contribution in [1.82, 2.24) is 0 Å². The molecule has 1 aromatic rings. The molecular weight excluding hydrogens is 220 g/mol. The lowest BCUT2D eigenvalue weighted by atomic mass is 10.1. The van der Waals surface area contributed by atoms with Crippen molar-refractivity contribution in [2.45, 2.75) is 19.6 Å². The van der Waals surface area contributed by atoms with Crippen LogP contribution in [-0.4, -0.2) is 19.9 Å². The molecule has 0 atom stereocenters. The van der Waals surface area contributed by atoms with Crippen molar-refractivity contribution < 1.29 is 9.59 Å². The number of amides is 2. The van der Waals surface area contributed by atoms with E-state index in [1.54, 1.807) is 12.1 Å².